The molecule has 16 heavy (non-hydrogen) atoms. The number of hydrogen-bond acceptors (Lipinski definition) is 1. The molecule has 1 aromatic rings. The highest BCUT2D eigenvalue weighted by Crippen LogP contribution is 2.29. The van der Waals surface area contributed by atoms with Crippen LogP contribution in [-0.2, 0) is 0 Å². The molecule has 0 bridgehead atoms. The summed E-state index contributed by atoms with van der Waals surface area (Å²) in [5.41, 5.74) is 0.654. The Balaban J connectivity index is 2.30. The number of rotatable bonds is 1. The second-order valence-electron chi connectivity index (χ2n) is 4.09. The first-order valence-electron chi connectivity index (χ1n) is 5.36. The minimum atomic E-state index is 0.0689. The average Bonchev–Trinajstić information content (AvgIpc) is 2.68. The number of nitrogens with zero attached hydrogens (tertiary/aromatic N) is 1. The fourth-order valence-electron chi connectivity index (χ4n) is 2.06. The van der Waals surface area contributed by atoms with E-state index in [1.165, 1.54) is 0 Å². The molecule has 1 unspecified atom stereocenters. The third-order valence-corrected chi connectivity index (χ3v) is 4.39. The molecule has 0 aromatic heterocycles. The molecule has 1 amide bonds. The number of hydrogen-bond donors (Lipinski definition) is 0. The van der Waals surface area contributed by atoms with Crippen LogP contribution in [0.15, 0.2) is 22.7 Å². The first-order valence-corrected chi connectivity index (χ1v) is 6.53. The zero-order valence-corrected chi connectivity index (χ0v) is 11.4. The van der Waals surface area contributed by atoms with Crippen molar-refractivity contribution in [2.24, 2.45) is 0 Å². The first-order chi connectivity index (χ1) is 7.61. The molecule has 0 saturated carbocycles. The van der Waals surface area contributed by atoms with Crippen LogP contribution in [0.3, 0.4) is 0 Å². The lowest BCUT2D eigenvalue weighted by Crippen LogP contribution is -2.33. The van der Waals surface area contributed by atoms with E-state index in [1.807, 2.05) is 11.0 Å². The van der Waals surface area contributed by atoms with E-state index in [9.17, 15) is 4.79 Å². The Morgan fingerprint density at radius 3 is 2.94 bits per heavy atom. The summed E-state index contributed by atoms with van der Waals surface area (Å²) in [5.74, 6) is 0.0689. The van der Waals surface area contributed by atoms with E-state index in [-0.39, 0.29) is 5.91 Å². The molecule has 86 valence electrons. The average molecular weight is 303 g/mol. The van der Waals surface area contributed by atoms with Gasteiger partial charge in [0.2, 0.25) is 0 Å². The van der Waals surface area contributed by atoms with Gasteiger partial charge in [-0.25, -0.2) is 0 Å². The Morgan fingerprint density at radius 2 is 2.31 bits per heavy atom. The van der Waals surface area contributed by atoms with E-state index in [4.69, 9.17) is 11.6 Å². The summed E-state index contributed by atoms with van der Waals surface area (Å²) in [6.45, 7) is 2.93. The molecular weight excluding hydrogens is 289 g/mol. The molecule has 1 heterocycles. The summed E-state index contributed by atoms with van der Waals surface area (Å²) in [7, 11) is 0. The Bertz CT molecular complexity index is 421. The van der Waals surface area contributed by atoms with Crippen LogP contribution in [0, 0.1) is 0 Å². The molecule has 1 aliphatic heterocycles. The van der Waals surface area contributed by atoms with Crippen LogP contribution in [0.1, 0.15) is 30.1 Å². The van der Waals surface area contributed by atoms with Crippen molar-refractivity contribution in [1.82, 2.24) is 4.90 Å². The maximum absolute atomic E-state index is 12.3. The van der Waals surface area contributed by atoms with Crippen molar-refractivity contribution in [1.29, 1.82) is 0 Å². The summed E-state index contributed by atoms with van der Waals surface area (Å²) in [6, 6.07) is 5.72. The van der Waals surface area contributed by atoms with Crippen molar-refractivity contribution in [2.75, 3.05) is 6.54 Å². The van der Waals surface area contributed by atoms with Gasteiger partial charge in [0.15, 0.2) is 0 Å². The van der Waals surface area contributed by atoms with Crippen LogP contribution in [-0.4, -0.2) is 23.4 Å². The number of carbonyl (C=O) groups is 1. The fourth-order valence-corrected chi connectivity index (χ4v) is 2.67. The third-order valence-electron chi connectivity index (χ3n) is 3.00. The molecule has 0 radical (unpaired) electrons. The summed E-state index contributed by atoms with van der Waals surface area (Å²) in [4.78, 5) is 14.2. The zero-order chi connectivity index (χ0) is 11.7. The van der Waals surface area contributed by atoms with Crippen molar-refractivity contribution in [3.8, 4) is 0 Å². The molecule has 4 heteroatoms. The van der Waals surface area contributed by atoms with Crippen LogP contribution in [0.5, 0.6) is 0 Å². The summed E-state index contributed by atoms with van der Waals surface area (Å²) < 4.78 is 0.695. The lowest BCUT2D eigenvalue weighted by molar-refractivity contribution is 0.0746. The van der Waals surface area contributed by atoms with Gasteiger partial charge in [0.1, 0.15) is 0 Å². The molecule has 0 spiro atoms. The molecule has 2 rings (SSSR count). The number of likely N-dealkylation sites (tertiary alicyclic amines) is 1. The Morgan fingerprint density at radius 1 is 1.56 bits per heavy atom. The lowest BCUT2D eigenvalue weighted by Gasteiger charge is -2.22. The lowest BCUT2D eigenvalue weighted by atomic mass is 10.2. The molecule has 1 saturated heterocycles. The van der Waals surface area contributed by atoms with Gasteiger partial charge in [0.25, 0.3) is 5.91 Å². The fraction of sp³-hybridized carbons (Fsp3) is 0.417. The highest BCUT2D eigenvalue weighted by molar-refractivity contribution is 9.10. The molecule has 1 aliphatic rings. The van der Waals surface area contributed by atoms with Crippen LogP contribution in [0.4, 0.5) is 0 Å². The minimum Gasteiger partial charge on any atom is -0.336 e. The van der Waals surface area contributed by atoms with Gasteiger partial charge in [-0.3, -0.25) is 4.79 Å². The highest BCUT2D eigenvalue weighted by Gasteiger charge is 2.27. The van der Waals surface area contributed by atoms with Gasteiger partial charge >= 0.3 is 0 Å². The van der Waals surface area contributed by atoms with Gasteiger partial charge in [-0.05, 0) is 47.8 Å². The monoisotopic (exact) mass is 301 g/mol. The number of amides is 1. The molecule has 2 nitrogen and oxygen atoms in total. The Labute approximate surface area is 109 Å². The number of carbonyl (C=O) groups excluding carboxylic acids is 1. The molecular formula is C12H13BrClNO. The van der Waals surface area contributed by atoms with Gasteiger partial charge in [0, 0.05) is 17.1 Å². The van der Waals surface area contributed by atoms with Crippen LogP contribution >= 0.6 is 27.5 Å². The number of halogens is 2. The predicted octanol–water partition coefficient (Wildman–Crippen LogP) is 3.73. The second-order valence-corrected chi connectivity index (χ2v) is 5.29. The Hall–Kier alpha value is -0.540. The van der Waals surface area contributed by atoms with Crippen molar-refractivity contribution in [2.45, 2.75) is 25.8 Å². The maximum atomic E-state index is 12.3. The minimum absolute atomic E-state index is 0.0689. The second kappa shape index (κ2) is 4.76. The highest BCUT2D eigenvalue weighted by atomic mass is 79.9. The smallest absolute Gasteiger partial charge is 0.255 e. The summed E-state index contributed by atoms with van der Waals surface area (Å²) in [6.07, 6.45) is 2.18. The van der Waals surface area contributed by atoms with Gasteiger partial charge in [-0.2, -0.15) is 0 Å². The zero-order valence-electron chi connectivity index (χ0n) is 9.04. The molecule has 0 N–H and O–H groups in total. The van der Waals surface area contributed by atoms with E-state index in [1.54, 1.807) is 12.1 Å². The van der Waals surface area contributed by atoms with E-state index in [0.29, 0.717) is 21.1 Å². The Kier molecular flexibility index (Phi) is 3.55. The van der Waals surface area contributed by atoms with Gasteiger partial charge in [-0.1, -0.05) is 17.7 Å². The van der Waals surface area contributed by atoms with Gasteiger partial charge in [-0.15, -0.1) is 0 Å². The van der Waals surface area contributed by atoms with E-state index < -0.39 is 0 Å². The van der Waals surface area contributed by atoms with E-state index in [0.717, 1.165) is 19.4 Å². The first kappa shape index (κ1) is 11.9. The largest absolute Gasteiger partial charge is 0.336 e. The van der Waals surface area contributed by atoms with Gasteiger partial charge in [0.05, 0.1) is 10.6 Å². The van der Waals surface area contributed by atoms with Crippen molar-refractivity contribution >= 4 is 33.4 Å². The van der Waals surface area contributed by atoms with Gasteiger partial charge < -0.3 is 4.90 Å². The number of benzene rings is 1. The maximum Gasteiger partial charge on any atom is 0.255 e. The predicted molar refractivity (Wildman–Crippen MR) is 68.9 cm³/mol. The van der Waals surface area contributed by atoms with Crippen molar-refractivity contribution in [3.05, 3.63) is 33.3 Å². The van der Waals surface area contributed by atoms with E-state index >= 15 is 0 Å². The quantitative estimate of drug-likeness (QED) is 0.774. The molecule has 1 atom stereocenters. The van der Waals surface area contributed by atoms with Crippen molar-refractivity contribution < 1.29 is 4.79 Å². The van der Waals surface area contributed by atoms with E-state index in [2.05, 4.69) is 22.9 Å². The van der Waals surface area contributed by atoms with Crippen molar-refractivity contribution in [3.63, 3.8) is 0 Å². The summed E-state index contributed by atoms with van der Waals surface area (Å²) >= 11 is 9.35. The molecule has 1 fully saturated rings. The van der Waals surface area contributed by atoms with Crippen LogP contribution in [0.2, 0.25) is 5.02 Å². The molecule has 1 aromatic carbocycles. The van der Waals surface area contributed by atoms with Crippen LogP contribution < -0.4 is 0 Å². The summed E-state index contributed by atoms with van der Waals surface area (Å²) in [5, 5.41) is 0.581. The topological polar surface area (TPSA) is 20.3 Å². The third kappa shape index (κ3) is 2.11. The standard InChI is InChI=1S/C12H13BrClNO/c1-8-4-3-7-15(8)12(16)9-5-2-6-10(14)11(9)13/h2,5-6,8H,3-4,7H2,1H3. The molecule has 0 aliphatic carbocycles. The SMILES string of the molecule is CC1CCCN1C(=O)c1cccc(Cl)c1Br. The normalized spacial score (nSPS) is 20.2. The van der Waals surface area contributed by atoms with Crippen LogP contribution in [0.25, 0.3) is 0 Å².